The van der Waals surface area contributed by atoms with Gasteiger partial charge in [0.1, 0.15) is 0 Å². The maximum Gasteiger partial charge on any atom is 0.0475 e. The van der Waals surface area contributed by atoms with E-state index in [2.05, 4.69) is 80.3 Å². The molecule has 0 saturated heterocycles. The lowest BCUT2D eigenvalue weighted by molar-refractivity contribution is 0.992. The van der Waals surface area contributed by atoms with Gasteiger partial charge in [-0.2, -0.15) is 12.6 Å². The summed E-state index contributed by atoms with van der Waals surface area (Å²) >= 11 is 4.42. The van der Waals surface area contributed by atoms with Crippen LogP contribution in [0.5, 0.6) is 0 Å². The first-order valence-electron chi connectivity index (χ1n) is 8.40. The molecule has 1 N–H and O–H groups in total. The van der Waals surface area contributed by atoms with Crippen molar-refractivity contribution in [1.29, 1.82) is 0 Å². The van der Waals surface area contributed by atoms with Gasteiger partial charge < -0.3 is 5.32 Å². The van der Waals surface area contributed by atoms with E-state index in [-0.39, 0.29) is 0 Å². The number of nitrogens with zero attached hydrogens (tertiary/aromatic N) is 1. The van der Waals surface area contributed by atoms with Crippen molar-refractivity contribution in [3.8, 4) is 0 Å². The van der Waals surface area contributed by atoms with Crippen molar-refractivity contribution in [3.63, 3.8) is 0 Å². The van der Waals surface area contributed by atoms with Crippen molar-refractivity contribution < 1.29 is 0 Å². The Morgan fingerprint density at radius 1 is 1.12 bits per heavy atom. The molecule has 0 bridgehead atoms. The summed E-state index contributed by atoms with van der Waals surface area (Å²) in [6.45, 7) is 4.30. The van der Waals surface area contributed by atoms with E-state index in [9.17, 15) is 0 Å². The van der Waals surface area contributed by atoms with Gasteiger partial charge in [-0.1, -0.05) is 49.7 Å². The lowest BCUT2D eigenvalue weighted by atomic mass is 10.0. The van der Waals surface area contributed by atoms with Crippen LogP contribution < -0.4 is 5.32 Å². The van der Waals surface area contributed by atoms with Crippen molar-refractivity contribution in [3.05, 3.63) is 71.4 Å². The van der Waals surface area contributed by atoms with Crippen molar-refractivity contribution in [2.24, 2.45) is 4.99 Å². The van der Waals surface area contributed by atoms with Crippen LogP contribution >= 0.6 is 12.6 Å². The zero-order valence-electron chi connectivity index (χ0n) is 14.7. The number of hydrogen-bond acceptors (Lipinski definition) is 3. The number of anilines is 1. The number of hydrogen-bond donors (Lipinski definition) is 2. The largest absolute Gasteiger partial charge is 0.388 e. The van der Waals surface area contributed by atoms with E-state index < -0.39 is 0 Å². The van der Waals surface area contributed by atoms with Crippen LogP contribution in [-0.4, -0.2) is 12.8 Å². The molecule has 2 nitrogen and oxygen atoms in total. The van der Waals surface area contributed by atoms with Crippen molar-refractivity contribution in [2.75, 3.05) is 12.4 Å². The zero-order chi connectivity index (χ0) is 17.4. The lowest BCUT2D eigenvalue weighted by Crippen LogP contribution is -2.00. The van der Waals surface area contributed by atoms with Crippen LogP contribution in [0.4, 0.5) is 5.69 Å². The number of benzene rings is 2. The number of nitrogens with one attached hydrogen (secondary N) is 1. The molecule has 0 unspecified atom stereocenters. The Labute approximate surface area is 151 Å². The predicted molar refractivity (Wildman–Crippen MR) is 110 cm³/mol. The highest BCUT2D eigenvalue weighted by Gasteiger charge is 2.04. The molecular formula is C21H26N2S. The molecule has 2 rings (SSSR count). The summed E-state index contributed by atoms with van der Waals surface area (Å²) in [7, 11) is 1.93. The van der Waals surface area contributed by atoms with Crippen LogP contribution in [0.3, 0.4) is 0 Å². The van der Waals surface area contributed by atoms with Gasteiger partial charge in [0.2, 0.25) is 0 Å². The third-order valence-corrected chi connectivity index (χ3v) is 4.36. The number of allylic oxidation sites excluding steroid dienone is 1. The predicted octanol–water partition coefficient (Wildman–Crippen LogP) is 5.81. The number of aliphatic imine (C=N–C) groups is 1. The second-order valence-corrected chi connectivity index (χ2v) is 6.10. The molecule has 0 saturated carbocycles. The number of rotatable bonds is 7. The molecule has 2 aromatic rings. The SMILES string of the molecule is CCCC(=N/C=C(\C)c1ccccc1CS)c1ccc(NC)cc1. The molecule has 0 aliphatic carbocycles. The summed E-state index contributed by atoms with van der Waals surface area (Å²) in [6.07, 6.45) is 4.03. The molecule has 3 heteroatoms. The van der Waals surface area contributed by atoms with Gasteiger partial charge in [0.15, 0.2) is 0 Å². The van der Waals surface area contributed by atoms with Gasteiger partial charge in [-0.05, 0) is 47.7 Å². The minimum Gasteiger partial charge on any atom is -0.388 e. The Morgan fingerprint density at radius 2 is 1.83 bits per heavy atom. The molecule has 126 valence electrons. The number of thiol groups is 1. The quantitative estimate of drug-likeness (QED) is 0.483. The molecule has 24 heavy (non-hydrogen) atoms. The fraction of sp³-hybridized carbons (Fsp3) is 0.286. The molecule has 0 fully saturated rings. The molecule has 2 aromatic carbocycles. The summed E-state index contributed by atoms with van der Waals surface area (Å²) < 4.78 is 0. The van der Waals surface area contributed by atoms with Crippen LogP contribution in [0.15, 0.2) is 59.7 Å². The molecule has 0 atom stereocenters. The van der Waals surface area contributed by atoms with Crippen molar-refractivity contribution in [2.45, 2.75) is 32.4 Å². The molecule has 0 aliphatic heterocycles. The van der Waals surface area contributed by atoms with Crippen LogP contribution in [0.2, 0.25) is 0 Å². The summed E-state index contributed by atoms with van der Waals surface area (Å²) in [4.78, 5) is 4.80. The van der Waals surface area contributed by atoms with Gasteiger partial charge in [0.05, 0.1) is 0 Å². The summed E-state index contributed by atoms with van der Waals surface area (Å²) in [5.41, 5.74) is 7.05. The molecule has 0 aromatic heterocycles. The first-order valence-corrected chi connectivity index (χ1v) is 9.03. The van der Waals surface area contributed by atoms with Crippen molar-refractivity contribution >= 4 is 29.6 Å². The lowest BCUT2D eigenvalue weighted by Gasteiger charge is -2.08. The van der Waals surface area contributed by atoms with Crippen molar-refractivity contribution in [1.82, 2.24) is 0 Å². The fourth-order valence-electron chi connectivity index (χ4n) is 2.64. The smallest absolute Gasteiger partial charge is 0.0475 e. The molecular weight excluding hydrogens is 312 g/mol. The first-order chi connectivity index (χ1) is 11.7. The Kier molecular flexibility index (Phi) is 7.13. The highest BCUT2D eigenvalue weighted by atomic mass is 32.1. The van der Waals surface area contributed by atoms with E-state index in [1.165, 1.54) is 22.3 Å². The standard InChI is InChI=1S/C21H26N2S/c1-4-7-21(17-10-12-19(22-3)13-11-17)23-14-16(2)20-9-6-5-8-18(20)15-24/h5-6,8-14,22,24H,4,7,15H2,1-3H3/b16-14+,23-21?. The van der Waals surface area contributed by atoms with Gasteiger partial charge in [-0.25, -0.2) is 0 Å². The molecule has 0 aliphatic rings. The highest BCUT2D eigenvalue weighted by molar-refractivity contribution is 7.79. The van der Waals surface area contributed by atoms with Gasteiger partial charge in [0.25, 0.3) is 0 Å². The average Bonchev–Trinajstić information content (AvgIpc) is 2.65. The van der Waals surface area contributed by atoms with E-state index in [4.69, 9.17) is 4.99 Å². The minimum absolute atomic E-state index is 0.734. The van der Waals surface area contributed by atoms with Crippen LogP contribution in [0.1, 0.15) is 43.4 Å². The summed E-state index contributed by atoms with van der Waals surface area (Å²) in [5.74, 6) is 0.734. The average molecular weight is 339 g/mol. The molecule has 0 radical (unpaired) electrons. The summed E-state index contributed by atoms with van der Waals surface area (Å²) in [5, 5.41) is 3.15. The topological polar surface area (TPSA) is 24.4 Å². The normalized spacial score (nSPS) is 12.3. The van der Waals surface area contributed by atoms with Gasteiger partial charge >= 0.3 is 0 Å². The van der Waals surface area contributed by atoms with Crippen LogP contribution in [-0.2, 0) is 5.75 Å². The Bertz CT molecular complexity index is 715. The molecule has 0 amide bonds. The van der Waals surface area contributed by atoms with Crippen LogP contribution in [0.25, 0.3) is 5.57 Å². The van der Waals surface area contributed by atoms with E-state index in [1.54, 1.807) is 0 Å². The fourth-order valence-corrected chi connectivity index (χ4v) is 2.91. The second kappa shape index (κ2) is 9.33. The first kappa shape index (κ1) is 18.3. The second-order valence-electron chi connectivity index (χ2n) is 5.78. The van der Waals surface area contributed by atoms with Gasteiger partial charge in [-0.15, -0.1) is 0 Å². The van der Waals surface area contributed by atoms with Gasteiger partial charge in [0, 0.05) is 30.4 Å². The maximum atomic E-state index is 4.80. The monoisotopic (exact) mass is 338 g/mol. The minimum atomic E-state index is 0.734. The third kappa shape index (κ3) is 4.75. The molecule has 0 heterocycles. The maximum absolute atomic E-state index is 4.80. The zero-order valence-corrected chi connectivity index (χ0v) is 15.6. The Hall–Kier alpha value is -2.00. The Balaban J connectivity index is 2.32. The van der Waals surface area contributed by atoms with E-state index in [1.807, 2.05) is 13.2 Å². The van der Waals surface area contributed by atoms with Crippen LogP contribution in [0, 0.1) is 0 Å². The van der Waals surface area contributed by atoms with E-state index in [0.29, 0.717) is 0 Å². The summed E-state index contributed by atoms with van der Waals surface area (Å²) in [6, 6.07) is 16.8. The Morgan fingerprint density at radius 3 is 2.46 bits per heavy atom. The third-order valence-electron chi connectivity index (χ3n) is 4.02. The van der Waals surface area contributed by atoms with Gasteiger partial charge in [-0.3, -0.25) is 4.99 Å². The highest BCUT2D eigenvalue weighted by Crippen LogP contribution is 2.21. The van der Waals surface area contributed by atoms with E-state index >= 15 is 0 Å². The molecule has 0 spiro atoms. The van der Waals surface area contributed by atoms with E-state index in [0.717, 1.165) is 30.0 Å².